The molecule has 2 aromatic carbocycles. The summed E-state index contributed by atoms with van der Waals surface area (Å²) in [5.74, 6) is 5.39. The highest BCUT2D eigenvalue weighted by Crippen LogP contribution is 2.29. The quantitative estimate of drug-likeness (QED) is 0.463. The van der Waals surface area contributed by atoms with Gasteiger partial charge in [-0.1, -0.05) is 36.1 Å². The van der Waals surface area contributed by atoms with Gasteiger partial charge in [0.25, 0.3) is 5.91 Å². The van der Waals surface area contributed by atoms with Crippen LogP contribution in [0.1, 0.15) is 21.6 Å². The molecule has 0 fully saturated rings. The molecular formula is C24H16F3N3O2. The van der Waals surface area contributed by atoms with Gasteiger partial charge in [-0.25, -0.2) is 4.68 Å². The summed E-state index contributed by atoms with van der Waals surface area (Å²) in [6.07, 6.45) is -2.92. The maximum absolute atomic E-state index is 12.8. The van der Waals surface area contributed by atoms with Gasteiger partial charge in [-0.2, -0.15) is 18.3 Å². The topological polar surface area (TPSA) is 60.1 Å². The van der Waals surface area contributed by atoms with Crippen molar-refractivity contribution in [3.05, 3.63) is 95.9 Å². The van der Waals surface area contributed by atoms with E-state index in [4.69, 9.17) is 4.42 Å². The molecule has 0 spiro atoms. The molecule has 0 bridgehead atoms. The normalized spacial score (nSPS) is 11.0. The lowest BCUT2D eigenvalue weighted by Crippen LogP contribution is -2.26. The van der Waals surface area contributed by atoms with Gasteiger partial charge < -0.3 is 9.73 Å². The highest BCUT2D eigenvalue weighted by Gasteiger charge is 2.30. The van der Waals surface area contributed by atoms with E-state index in [-0.39, 0.29) is 17.8 Å². The molecule has 4 aromatic rings. The van der Waals surface area contributed by atoms with E-state index in [1.807, 2.05) is 30.3 Å². The zero-order chi connectivity index (χ0) is 22.6. The number of rotatable bonds is 4. The van der Waals surface area contributed by atoms with Gasteiger partial charge in [-0.15, -0.1) is 0 Å². The van der Waals surface area contributed by atoms with Crippen molar-refractivity contribution in [1.82, 2.24) is 15.1 Å². The monoisotopic (exact) mass is 435 g/mol. The highest BCUT2D eigenvalue weighted by atomic mass is 19.4. The molecule has 2 aromatic heterocycles. The maximum Gasteiger partial charge on any atom is 0.416 e. The summed E-state index contributed by atoms with van der Waals surface area (Å²) in [7, 11) is 0. The van der Waals surface area contributed by atoms with Gasteiger partial charge in [0, 0.05) is 11.6 Å². The summed E-state index contributed by atoms with van der Waals surface area (Å²) in [5.41, 5.74) is 0.877. The molecule has 1 amide bonds. The Morgan fingerprint density at radius 1 is 1.03 bits per heavy atom. The summed E-state index contributed by atoms with van der Waals surface area (Å²) in [6, 6.07) is 18.9. The predicted octanol–water partition coefficient (Wildman–Crippen LogP) is 4.93. The first kappa shape index (κ1) is 21.0. The molecular weight excluding hydrogens is 419 g/mol. The fraction of sp³-hybridized carbons (Fsp3) is 0.0833. The summed E-state index contributed by atoms with van der Waals surface area (Å²) in [6.45, 7) is -0.0505. The minimum Gasteiger partial charge on any atom is -0.463 e. The van der Waals surface area contributed by atoms with Gasteiger partial charge in [-0.05, 0) is 42.5 Å². The van der Waals surface area contributed by atoms with Crippen LogP contribution in [-0.2, 0) is 6.18 Å². The minimum atomic E-state index is -4.44. The first-order chi connectivity index (χ1) is 15.4. The molecule has 0 unspecified atom stereocenters. The lowest BCUT2D eigenvalue weighted by molar-refractivity contribution is -0.137. The molecule has 32 heavy (non-hydrogen) atoms. The standard InChI is InChI=1S/C24H16F3N3O2/c25-24(26,27)18-9-4-7-17(15-18)8-5-13-28-23(31)21-16-20(22-12-6-14-32-22)29-30(21)19-10-2-1-3-11-19/h1-4,6-7,9-12,14-16H,13H2,(H,28,31). The Balaban J connectivity index is 1.53. The molecule has 5 nitrogen and oxygen atoms in total. The summed E-state index contributed by atoms with van der Waals surface area (Å²) < 4.78 is 45.3. The van der Waals surface area contributed by atoms with E-state index in [2.05, 4.69) is 22.3 Å². The zero-order valence-electron chi connectivity index (χ0n) is 16.6. The van der Waals surface area contributed by atoms with Crippen molar-refractivity contribution < 1.29 is 22.4 Å². The number of halogens is 3. The number of hydrogen-bond acceptors (Lipinski definition) is 3. The highest BCUT2D eigenvalue weighted by molar-refractivity contribution is 5.94. The van der Waals surface area contributed by atoms with E-state index < -0.39 is 17.6 Å². The van der Waals surface area contributed by atoms with Crippen LogP contribution in [0.2, 0.25) is 0 Å². The Hall–Kier alpha value is -4.25. The SMILES string of the molecule is O=C(NCC#Cc1cccc(C(F)(F)F)c1)c1cc(-c2ccco2)nn1-c1ccccc1. The van der Waals surface area contributed by atoms with Crippen LogP contribution < -0.4 is 5.32 Å². The number of alkyl halides is 3. The van der Waals surface area contributed by atoms with E-state index in [1.54, 1.807) is 18.2 Å². The molecule has 0 aliphatic carbocycles. The fourth-order valence-electron chi connectivity index (χ4n) is 2.99. The van der Waals surface area contributed by atoms with Crippen molar-refractivity contribution in [3.8, 4) is 29.0 Å². The Morgan fingerprint density at radius 3 is 2.56 bits per heavy atom. The summed E-state index contributed by atoms with van der Waals surface area (Å²) in [5, 5.41) is 7.13. The Labute approximate surface area is 181 Å². The maximum atomic E-state index is 12.8. The Kier molecular flexibility index (Phi) is 5.81. The van der Waals surface area contributed by atoms with Crippen molar-refractivity contribution in [2.75, 3.05) is 6.54 Å². The number of amides is 1. The van der Waals surface area contributed by atoms with Crippen LogP contribution >= 0.6 is 0 Å². The molecule has 2 heterocycles. The number of benzene rings is 2. The van der Waals surface area contributed by atoms with E-state index in [0.29, 0.717) is 17.1 Å². The van der Waals surface area contributed by atoms with Crippen LogP contribution in [-0.4, -0.2) is 22.2 Å². The van der Waals surface area contributed by atoms with Crippen molar-refractivity contribution in [1.29, 1.82) is 0 Å². The van der Waals surface area contributed by atoms with E-state index in [9.17, 15) is 18.0 Å². The summed E-state index contributed by atoms with van der Waals surface area (Å²) in [4.78, 5) is 12.8. The number of para-hydroxylation sites is 1. The van der Waals surface area contributed by atoms with Gasteiger partial charge >= 0.3 is 6.18 Å². The van der Waals surface area contributed by atoms with Crippen molar-refractivity contribution in [3.63, 3.8) is 0 Å². The van der Waals surface area contributed by atoms with Crippen LogP contribution in [0.25, 0.3) is 17.1 Å². The first-order valence-electron chi connectivity index (χ1n) is 9.55. The zero-order valence-corrected chi connectivity index (χ0v) is 16.6. The third-order valence-corrected chi connectivity index (χ3v) is 4.48. The Morgan fingerprint density at radius 2 is 1.84 bits per heavy atom. The second-order valence-corrected chi connectivity index (χ2v) is 6.70. The Bertz CT molecular complexity index is 1280. The molecule has 0 radical (unpaired) electrons. The fourth-order valence-corrected chi connectivity index (χ4v) is 2.99. The number of carbonyl (C=O) groups excluding carboxylic acids is 1. The number of hydrogen-bond donors (Lipinski definition) is 1. The van der Waals surface area contributed by atoms with Crippen molar-refractivity contribution in [2.45, 2.75) is 6.18 Å². The van der Waals surface area contributed by atoms with Gasteiger partial charge in [0.2, 0.25) is 0 Å². The second kappa shape index (κ2) is 8.86. The third kappa shape index (κ3) is 4.73. The van der Waals surface area contributed by atoms with Crippen LogP contribution in [0.5, 0.6) is 0 Å². The van der Waals surface area contributed by atoms with Gasteiger partial charge in [0.1, 0.15) is 11.4 Å². The van der Waals surface area contributed by atoms with Crippen molar-refractivity contribution in [2.24, 2.45) is 0 Å². The van der Waals surface area contributed by atoms with Crippen LogP contribution in [0.15, 0.2) is 83.5 Å². The van der Waals surface area contributed by atoms with E-state index in [0.717, 1.165) is 12.1 Å². The molecule has 0 aliphatic heterocycles. The van der Waals surface area contributed by atoms with Gasteiger partial charge in [0.15, 0.2) is 5.76 Å². The minimum absolute atomic E-state index is 0.0505. The van der Waals surface area contributed by atoms with E-state index in [1.165, 1.54) is 23.1 Å². The smallest absolute Gasteiger partial charge is 0.416 e. The lowest BCUT2D eigenvalue weighted by atomic mass is 10.1. The molecule has 0 saturated heterocycles. The molecule has 0 aliphatic rings. The third-order valence-electron chi connectivity index (χ3n) is 4.48. The van der Waals surface area contributed by atoms with Crippen LogP contribution in [0.3, 0.4) is 0 Å². The summed E-state index contributed by atoms with van der Waals surface area (Å²) >= 11 is 0. The predicted molar refractivity (Wildman–Crippen MR) is 112 cm³/mol. The largest absolute Gasteiger partial charge is 0.463 e. The van der Waals surface area contributed by atoms with Crippen LogP contribution in [0.4, 0.5) is 13.2 Å². The molecule has 160 valence electrons. The average Bonchev–Trinajstić information content (AvgIpc) is 3.47. The second-order valence-electron chi connectivity index (χ2n) is 6.70. The van der Waals surface area contributed by atoms with Gasteiger partial charge in [-0.3, -0.25) is 4.79 Å². The number of carbonyl (C=O) groups is 1. The van der Waals surface area contributed by atoms with Crippen molar-refractivity contribution >= 4 is 5.91 Å². The molecule has 4 rings (SSSR count). The average molecular weight is 435 g/mol. The number of nitrogens with one attached hydrogen (secondary N) is 1. The number of furan rings is 1. The molecule has 0 saturated carbocycles. The van der Waals surface area contributed by atoms with E-state index >= 15 is 0 Å². The molecule has 0 atom stereocenters. The number of aromatic nitrogens is 2. The number of nitrogens with zero attached hydrogens (tertiary/aromatic N) is 2. The van der Waals surface area contributed by atoms with Crippen LogP contribution in [0, 0.1) is 11.8 Å². The lowest BCUT2D eigenvalue weighted by Gasteiger charge is -2.06. The first-order valence-corrected chi connectivity index (χ1v) is 9.55. The van der Waals surface area contributed by atoms with Gasteiger partial charge in [0.05, 0.1) is 24.1 Å². The molecule has 1 N–H and O–H groups in total. The molecule has 8 heteroatoms.